The fourth-order valence-electron chi connectivity index (χ4n) is 2.05. The second-order valence-electron chi connectivity index (χ2n) is 5.25. The van der Waals surface area contributed by atoms with E-state index in [-0.39, 0.29) is 35.1 Å². The van der Waals surface area contributed by atoms with Crippen molar-refractivity contribution >= 4 is 23.4 Å². The summed E-state index contributed by atoms with van der Waals surface area (Å²) in [6, 6.07) is 13.0. The lowest BCUT2D eigenvalue weighted by atomic mass is 10.3. The molecule has 1 aromatic heterocycles. The first-order valence-electron chi connectivity index (χ1n) is 7.90. The third-order valence-electron chi connectivity index (χ3n) is 3.34. The Morgan fingerprint density at radius 2 is 1.96 bits per heavy atom. The molecule has 0 spiro atoms. The van der Waals surface area contributed by atoms with E-state index < -0.39 is 5.82 Å². The zero-order chi connectivity index (χ0) is 19.1. The summed E-state index contributed by atoms with van der Waals surface area (Å²) in [7, 11) is 1.57. The molecule has 0 radical (unpaired) electrons. The van der Waals surface area contributed by atoms with Crippen molar-refractivity contribution in [1.82, 2.24) is 10.2 Å². The van der Waals surface area contributed by atoms with Crippen LogP contribution < -0.4 is 14.8 Å². The van der Waals surface area contributed by atoms with Crippen LogP contribution in [0.15, 0.2) is 58.2 Å². The van der Waals surface area contributed by atoms with E-state index in [9.17, 15) is 9.18 Å². The maximum atomic E-state index is 13.5. The van der Waals surface area contributed by atoms with Crippen molar-refractivity contribution in [1.29, 1.82) is 0 Å². The van der Waals surface area contributed by atoms with Gasteiger partial charge in [0.15, 0.2) is 18.2 Å². The number of anilines is 1. The van der Waals surface area contributed by atoms with Crippen molar-refractivity contribution in [2.45, 2.75) is 11.8 Å². The van der Waals surface area contributed by atoms with Crippen molar-refractivity contribution in [3.63, 3.8) is 0 Å². The highest BCUT2D eigenvalue weighted by Gasteiger charge is 2.11. The topological polar surface area (TPSA) is 86.5 Å². The number of hydrogen-bond acceptors (Lipinski definition) is 7. The van der Waals surface area contributed by atoms with Crippen LogP contribution >= 0.6 is 11.8 Å². The SMILES string of the molecule is COc1ccc(NC(=O)CSc2nnc(COc3ccccc3F)o2)cc1. The number of aromatic nitrogens is 2. The number of carbonyl (C=O) groups is 1. The molecular weight excluding hydrogens is 373 g/mol. The number of nitrogens with zero attached hydrogens (tertiary/aromatic N) is 2. The van der Waals surface area contributed by atoms with Crippen molar-refractivity contribution in [3.8, 4) is 11.5 Å². The van der Waals surface area contributed by atoms with Gasteiger partial charge in [-0.05, 0) is 36.4 Å². The maximum Gasteiger partial charge on any atom is 0.277 e. The van der Waals surface area contributed by atoms with Gasteiger partial charge in [-0.15, -0.1) is 10.2 Å². The lowest BCUT2D eigenvalue weighted by Crippen LogP contribution is -2.13. The summed E-state index contributed by atoms with van der Waals surface area (Å²) in [6.07, 6.45) is 0. The van der Waals surface area contributed by atoms with Gasteiger partial charge >= 0.3 is 0 Å². The Morgan fingerprint density at radius 1 is 1.19 bits per heavy atom. The molecule has 0 bridgehead atoms. The van der Waals surface area contributed by atoms with Crippen molar-refractivity contribution < 1.29 is 23.1 Å². The van der Waals surface area contributed by atoms with Gasteiger partial charge in [0.1, 0.15) is 5.75 Å². The van der Waals surface area contributed by atoms with E-state index in [0.29, 0.717) is 11.4 Å². The normalized spacial score (nSPS) is 10.4. The number of amides is 1. The fraction of sp³-hybridized carbons (Fsp3) is 0.167. The summed E-state index contributed by atoms with van der Waals surface area (Å²) in [4.78, 5) is 12.0. The van der Waals surface area contributed by atoms with Gasteiger partial charge in [-0.1, -0.05) is 23.9 Å². The summed E-state index contributed by atoms with van der Waals surface area (Å²) < 4.78 is 29.2. The highest BCUT2D eigenvalue weighted by Crippen LogP contribution is 2.20. The number of thioether (sulfide) groups is 1. The van der Waals surface area contributed by atoms with Crippen LogP contribution in [-0.4, -0.2) is 29.0 Å². The Labute approximate surface area is 158 Å². The molecule has 1 amide bonds. The molecular formula is C18H16FN3O4S. The van der Waals surface area contributed by atoms with E-state index in [0.717, 1.165) is 11.8 Å². The zero-order valence-corrected chi connectivity index (χ0v) is 15.2. The summed E-state index contributed by atoms with van der Waals surface area (Å²) in [5.74, 6) is 0.412. The summed E-state index contributed by atoms with van der Waals surface area (Å²) in [6.45, 7) is -0.0630. The number of rotatable bonds is 8. The van der Waals surface area contributed by atoms with E-state index in [1.54, 1.807) is 43.5 Å². The summed E-state index contributed by atoms with van der Waals surface area (Å²) in [5, 5.41) is 10.6. The van der Waals surface area contributed by atoms with Crippen molar-refractivity contribution in [2.24, 2.45) is 0 Å². The van der Waals surface area contributed by atoms with Crippen LogP contribution in [-0.2, 0) is 11.4 Å². The summed E-state index contributed by atoms with van der Waals surface area (Å²) >= 11 is 1.09. The monoisotopic (exact) mass is 389 g/mol. The minimum absolute atomic E-state index is 0.0630. The number of benzene rings is 2. The minimum Gasteiger partial charge on any atom is -0.497 e. The molecule has 27 heavy (non-hydrogen) atoms. The van der Waals surface area contributed by atoms with Crippen LogP contribution in [0.2, 0.25) is 0 Å². The number of nitrogens with one attached hydrogen (secondary N) is 1. The van der Waals surface area contributed by atoms with Crippen LogP contribution in [0, 0.1) is 5.82 Å². The highest BCUT2D eigenvalue weighted by molar-refractivity contribution is 7.99. The number of ether oxygens (including phenoxy) is 2. The van der Waals surface area contributed by atoms with Gasteiger partial charge in [0.25, 0.3) is 11.1 Å². The van der Waals surface area contributed by atoms with Crippen LogP contribution in [0.4, 0.5) is 10.1 Å². The minimum atomic E-state index is -0.471. The fourth-order valence-corrected chi connectivity index (χ4v) is 2.64. The third kappa shape index (κ3) is 5.45. The van der Waals surface area contributed by atoms with E-state index in [1.807, 2.05) is 0 Å². The van der Waals surface area contributed by atoms with E-state index in [4.69, 9.17) is 13.9 Å². The second kappa shape index (κ2) is 9.04. The zero-order valence-electron chi connectivity index (χ0n) is 14.3. The molecule has 0 saturated carbocycles. The molecule has 0 aliphatic heterocycles. The molecule has 140 valence electrons. The van der Waals surface area contributed by atoms with Gasteiger partial charge in [0, 0.05) is 5.69 Å². The molecule has 0 aliphatic rings. The van der Waals surface area contributed by atoms with Gasteiger partial charge in [-0.25, -0.2) is 4.39 Å². The number of halogens is 1. The predicted octanol–water partition coefficient (Wildman–Crippen LogP) is 3.53. The Balaban J connectivity index is 1.46. The van der Waals surface area contributed by atoms with Gasteiger partial charge in [-0.2, -0.15) is 0 Å². The molecule has 0 atom stereocenters. The number of carbonyl (C=O) groups excluding carboxylic acids is 1. The maximum absolute atomic E-state index is 13.5. The quantitative estimate of drug-likeness (QED) is 0.590. The summed E-state index contributed by atoms with van der Waals surface area (Å²) in [5.41, 5.74) is 0.658. The van der Waals surface area contributed by atoms with Crippen molar-refractivity contribution in [3.05, 3.63) is 60.2 Å². The van der Waals surface area contributed by atoms with E-state index >= 15 is 0 Å². The Hall–Kier alpha value is -3.07. The van der Waals surface area contributed by atoms with Gasteiger partial charge in [-0.3, -0.25) is 4.79 Å². The lowest BCUT2D eigenvalue weighted by Gasteiger charge is -2.05. The van der Waals surface area contributed by atoms with Crippen LogP contribution in [0.1, 0.15) is 5.89 Å². The second-order valence-corrected chi connectivity index (χ2v) is 6.17. The molecule has 3 rings (SSSR count). The average molecular weight is 389 g/mol. The average Bonchev–Trinajstić information content (AvgIpc) is 3.14. The molecule has 7 nitrogen and oxygen atoms in total. The number of methoxy groups -OCH3 is 1. The first-order valence-corrected chi connectivity index (χ1v) is 8.89. The van der Waals surface area contributed by atoms with Gasteiger partial charge in [0.05, 0.1) is 12.9 Å². The first-order chi connectivity index (χ1) is 13.1. The van der Waals surface area contributed by atoms with Crippen molar-refractivity contribution in [2.75, 3.05) is 18.2 Å². The largest absolute Gasteiger partial charge is 0.497 e. The molecule has 1 heterocycles. The third-order valence-corrected chi connectivity index (χ3v) is 4.16. The smallest absolute Gasteiger partial charge is 0.277 e. The Bertz CT molecular complexity index is 902. The van der Waals surface area contributed by atoms with E-state index in [1.165, 1.54) is 12.1 Å². The Kier molecular flexibility index (Phi) is 6.26. The lowest BCUT2D eigenvalue weighted by molar-refractivity contribution is -0.113. The predicted molar refractivity (Wildman–Crippen MR) is 97.4 cm³/mol. The van der Waals surface area contributed by atoms with Gasteiger partial charge < -0.3 is 19.2 Å². The number of hydrogen-bond donors (Lipinski definition) is 1. The molecule has 0 unspecified atom stereocenters. The molecule has 1 N–H and O–H groups in total. The molecule has 0 saturated heterocycles. The van der Waals surface area contributed by atoms with E-state index in [2.05, 4.69) is 15.5 Å². The Morgan fingerprint density at radius 3 is 2.70 bits per heavy atom. The molecule has 9 heteroatoms. The molecule has 0 fully saturated rings. The molecule has 2 aromatic carbocycles. The number of para-hydroxylation sites is 1. The standard InChI is InChI=1S/C18H16FN3O4S/c1-24-13-8-6-12(7-9-13)20-16(23)11-27-18-22-21-17(26-18)10-25-15-5-3-2-4-14(15)19/h2-9H,10-11H2,1H3,(H,20,23). The molecule has 0 aliphatic carbocycles. The van der Waals surface area contributed by atoms with Crippen LogP contribution in [0.25, 0.3) is 0 Å². The van der Waals surface area contributed by atoms with Crippen LogP contribution in [0.3, 0.4) is 0 Å². The molecule has 3 aromatic rings. The van der Waals surface area contributed by atoms with Gasteiger partial charge in [0.2, 0.25) is 5.91 Å². The first kappa shape index (κ1) is 18.7. The highest BCUT2D eigenvalue weighted by atomic mass is 32.2. The van der Waals surface area contributed by atoms with Crippen LogP contribution in [0.5, 0.6) is 11.5 Å².